The molecular weight excluding hydrogens is 150 g/mol. The van der Waals surface area contributed by atoms with Crippen LogP contribution in [0.2, 0.25) is 0 Å². The van der Waals surface area contributed by atoms with Crippen molar-refractivity contribution in [3.8, 4) is 0 Å². The number of halogens is 6. The van der Waals surface area contributed by atoms with E-state index in [1.54, 1.807) is 0 Å². The fourth-order valence-corrected chi connectivity index (χ4v) is 0.124. The number of hydrogen-bond donors (Lipinski definition) is 0. The van der Waals surface area contributed by atoms with Crippen molar-refractivity contribution in [3.05, 3.63) is 0 Å². The normalized spacial score (nSPS) is 21.4. The maximum absolute atomic E-state index is 11.5. The Morgan fingerprint density at radius 1 is 1.11 bits per heavy atom. The molecule has 0 fully saturated rings. The predicted molar refractivity (Wildman–Crippen MR) is 17.0 cm³/mol. The fourth-order valence-electron chi connectivity index (χ4n) is 0.124. The van der Waals surface area contributed by atoms with Crippen LogP contribution in [-0.2, 0) is 0 Å². The molecule has 56 valence electrons. The Hall–Kier alpha value is -0.420. The topological polar surface area (TPSA) is 0 Å². The standard InChI is InChI=1S/C3H2F6/c4-1(2(5)6)3(7,8)9/h1-2H/i1D. The summed E-state index contributed by atoms with van der Waals surface area (Å²) in [4.78, 5) is 0. The van der Waals surface area contributed by atoms with Crippen LogP contribution in [0, 0.1) is 0 Å². The second-order valence-corrected chi connectivity index (χ2v) is 1.15. The summed E-state index contributed by atoms with van der Waals surface area (Å²) in [7, 11) is 0. The third kappa shape index (κ3) is 2.57. The number of hydrogen-bond acceptors (Lipinski definition) is 0. The van der Waals surface area contributed by atoms with Crippen molar-refractivity contribution in [3.63, 3.8) is 0 Å². The van der Waals surface area contributed by atoms with Gasteiger partial charge in [-0.2, -0.15) is 13.2 Å². The SMILES string of the molecule is [2H]C(F)(C(F)F)C(F)(F)F. The van der Waals surface area contributed by atoms with E-state index in [1.807, 2.05) is 0 Å². The Balaban J connectivity index is 4.40. The third-order valence-electron chi connectivity index (χ3n) is 0.462. The minimum absolute atomic E-state index is 4.37. The van der Waals surface area contributed by atoms with Gasteiger partial charge in [-0.05, 0) is 0 Å². The van der Waals surface area contributed by atoms with E-state index < -0.39 is 18.7 Å². The van der Waals surface area contributed by atoms with Crippen LogP contribution >= 0.6 is 0 Å². The molecular formula is C3H2F6. The molecule has 0 aliphatic rings. The molecule has 0 saturated heterocycles. The lowest BCUT2D eigenvalue weighted by Crippen LogP contribution is -2.30. The zero-order valence-corrected chi connectivity index (χ0v) is 3.85. The van der Waals surface area contributed by atoms with Gasteiger partial charge in [0, 0.05) is 0 Å². The van der Waals surface area contributed by atoms with Gasteiger partial charge in [-0.1, -0.05) is 0 Å². The maximum atomic E-state index is 11.5. The van der Waals surface area contributed by atoms with Crippen molar-refractivity contribution in [2.45, 2.75) is 18.7 Å². The quantitative estimate of drug-likeness (QED) is 0.506. The van der Waals surface area contributed by atoms with Crippen molar-refractivity contribution in [2.24, 2.45) is 0 Å². The first kappa shape index (κ1) is 6.70. The monoisotopic (exact) mass is 153 g/mol. The molecule has 0 amide bonds. The minimum atomic E-state index is -5.83. The number of alkyl halides is 6. The molecule has 1 unspecified atom stereocenters. The summed E-state index contributed by atoms with van der Waals surface area (Å²) in [5.74, 6) is 0. The Labute approximate surface area is 47.9 Å². The van der Waals surface area contributed by atoms with Gasteiger partial charge in [0.2, 0.25) is 0 Å². The summed E-state index contributed by atoms with van der Waals surface area (Å²) in [6.07, 6.45) is -15.3. The van der Waals surface area contributed by atoms with Crippen LogP contribution in [0.25, 0.3) is 0 Å². The highest BCUT2D eigenvalue weighted by Gasteiger charge is 2.46. The fraction of sp³-hybridized carbons (Fsp3) is 1.00. The Kier molecular flexibility index (Phi) is 1.82. The van der Waals surface area contributed by atoms with Gasteiger partial charge < -0.3 is 0 Å². The summed E-state index contributed by atoms with van der Waals surface area (Å²) in [6, 6.07) is 0. The average Bonchev–Trinajstić information content (AvgIpc) is 1.62. The largest absolute Gasteiger partial charge is 0.425 e. The van der Waals surface area contributed by atoms with Crippen molar-refractivity contribution >= 4 is 0 Å². The Bertz CT molecular complexity index is 115. The molecule has 0 radical (unpaired) electrons. The summed E-state index contributed by atoms with van der Waals surface area (Å²) >= 11 is 0. The van der Waals surface area contributed by atoms with Crippen LogP contribution in [0.4, 0.5) is 26.3 Å². The summed E-state index contributed by atoms with van der Waals surface area (Å²) in [6.45, 7) is 0. The molecule has 0 bridgehead atoms. The van der Waals surface area contributed by atoms with Crippen LogP contribution in [0.1, 0.15) is 1.37 Å². The van der Waals surface area contributed by atoms with Crippen molar-refractivity contribution in [2.75, 3.05) is 0 Å². The average molecular weight is 153 g/mol. The molecule has 0 aromatic rings. The molecule has 0 heterocycles. The second kappa shape index (κ2) is 2.45. The van der Waals surface area contributed by atoms with Gasteiger partial charge in [0.15, 0.2) is 0 Å². The second-order valence-electron chi connectivity index (χ2n) is 1.15. The van der Waals surface area contributed by atoms with Gasteiger partial charge in [-0.25, -0.2) is 13.2 Å². The van der Waals surface area contributed by atoms with Gasteiger partial charge in [0.05, 0.1) is 1.37 Å². The summed E-state index contributed by atoms with van der Waals surface area (Å²) in [5, 5.41) is 0. The van der Waals surface area contributed by atoms with E-state index in [0.717, 1.165) is 0 Å². The van der Waals surface area contributed by atoms with E-state index in [9.17, 15) is 26.3 Å². The van der Waals surface area contributed by atoms with Crippen LogP contribution < -0.4 is 0 Å². The molecule has 0 aromatic heterocycles. The highest BCUT2D eigenvalue weighted by molar-refractivity contribution is 4.67. The summed E-state index contributed by atoms with van der Waals surface area (Å²) < 4.78 is 72.2. The smallest absolute Gasteiger partial charge is 0.231 e. The van der Waals surface area contributed by atoms with Crippen LogP contribution in [0.3, 0.4) is 0 Å². The van der Waals surface area contributed by atoms with Gasteiger partial charge in [-0.3, -0.25) is 0 Å². The molecule has 0 aliphatic heterocycles. The van der Waals surface area contributed by atoms with Crippen molar-refractivity contribution in [1.29, 1.82) is 0 Å². The first-order chi connectivity index (χ1) is 4.19. The van der Waals surface area contributed by atoms with Crippen molar-refractivity contribution in [1.82, 2.24) is 0 Å². The third-order valence-corrected chi connectivity index (χ3v) is 0.462. The molecule has 6 heteroatoms. The summed E-state index contributed by atoms with van der Waals surface area (Å²) in [5.41, 5.74) is 0. The lowest BCUT2D eigenvalue weighted by Gasteiger charge is -2.09. The predicted octanol–water partition coefficient (Wildman–Crippen LogP) is 2.15. The van der Waals surface area contributed by atoms with Gasteiger partial charge in [-0.15, -0.1) is 0 Å². The molecule has 0 aromatic carbocycles. The lowest BCUT2D eigenvalue weighted by atomic mass is 10.4. The highest BCUT2D eigenvalue weighted by Crippen LogP contribution is 2.27. The van der Waals surface area contributed by atoms with Crippen LogP contribution in [-0.4, -0.2) is 18.7 Å². The zero-order valence-electron chi connectivity index (χ0n) is 4.85. The number of rotatable bonds is 1. The van der Waals surface area contributed by atoms with Gasteiger partial charge >= 0.3 is 6.18 Å². The Morgan fingerprint density at radius 3 is 1.44 bits per heavy atom. The molecule has 0 nitrogen and oxygen atoms in total. The molecule has 0 saturated carbocycles. The lowest BCUT2D eigenvalue weighted by molar-refractivity contribution is -0.211. The molecule has 0 aliphatic carbocycles. The van der Waals surface area contributed by atoms with Crippen LogP contribution in [0.15, 0.2) is 0 Å². The maximum Gasteiger partial charge on any atom is 0.425 e. The van der Waals surface area contributed by atoms with Gasteiger partial charge in [0.25, 0.3) is 12.6 Å². The van der Waals surface area contributed by atoms with Crippen molar-refractivity contribution < 1.29 is 27.7 Å². The minimum Gasteiger partial charge on any atom is -0.231 e. The van der Waals surface area contributed by atoms with E-state index >= 15 is 0 Å². The zero-order chi connectivity index (χ0) is 8.58. The molecule has 1 atom stereocenters. The molecule has 9 heavy (non-hydrogen) atoms. The molecule has 0 spiro atoms. The van der Waals surface area contributed by atoms with E-state index in [1.165, 1.54) is 0 Å². The van der Waals surface area contributed by atoms with E-state index in [-0.39, 0.29) is 0 Å². The van der Waals surface area contributed by atoms with E-state index in [2.05, 4.69) is 0 Å². The highest BCUT2D eigenvalue weighted by atomic mass is 19.4. The molecule has 0 N–H and O–H groups in total. The van der Waals surface area contributed by atoms with Crippen LogP contribution in [0.5, 0.6) is 0 Å². The van der Waals surface area contributed by atoms with E-state index in [0.29, 0.717) is 0 Å². The first-order valence-corrected chi connectivity index (χ1v) is 1.73. The molecule has 0 rings (SSSR count). The van der Waals surface area contributed by atoms with Gasteiger partial charge in [0.1, 0.15) is 0 Å². The van der Waals surface area contributed by atoms with E-state index in [4.69, 9.17) is 1.37 Å². The Morgan fingerprint density at radius 2 is 1.44 bits per heavy atom. The first-order valence-electron chi connectivity index (χ1n) is 2.23.